The summed E-state index contributed by atoms with van der Waals surface area (Å²) in [6.45, 7) is 5.28. The monoisotopic (exact) mass is 342 g/mol. The molecule has 1 aromatic heterocycles. The van der Waals surface area contributed by atoms with Crippen LogP contribution in [0, 0.1) is 6.92 Å². The Kier molecular flexibility index (Phi) is 5.75. The highest BCUT2D eigenvalue weighted by molar-refractivity contribution is 6.07. The van der Waals surface area contributed by atoms with Gasteiger partial charge in [0.1, 0.15) is 5.69 Å². The van der Waals surface area contributed by atoms with Crippen molar-refractivity contribution in [3.8, 4) is 0 Å². The van der Waals surface area contributed by atoms with E-state index in [1.807, 2.05) is 6.92 Å². The van der Waals surface area contributed by atoms with Gasteiger partial charge in [0.05, 0.1) is 6.42 Å². The molecule has 6 nitrogen and oxygen atoms in total. The van der Waals surface area contributed by atoms with Gasteiger partial charge in [0.15, 0.2) is 5.78 Å². The number of nitrogens with one attached hydrogen (secondary N) is 2. The fourth-order valence-electron chi connectivity index (χ4n) is 2.92. The van der Waals surface area contributed by atoms with Crippen LogP contribution in [0.1, 0.15) is 57.9 Å². The van der Waals surface area contributed by atoms with E-state index in [0.29, 0.717) is 34.6 Å². The van der Waals surface area contributed by atoms with Gasteiger partial charge in [-0.2, -0.15) is 0 Å². The van der Waals surface area contributed by atoms with Crippen molar-refractivity contribution in [3.63, 3.8) is 0 Å². The van der Waals surface area contributed by atoms with Crippen molar-refractivity contribution >= 4 is 23.3 Å². The minimum Gasteiger partial charge on any atom is -0.481 e. The molecular weight excluding hydrogens is 320 g/mol. The molecule has 3 N–H and O–H groups in total. The Balaban J connectivity index is 2.24. The maximum Gasteiger partial charge on any atom is 0.307 e. The number of carboxylic acid groups (broad SMARTS) is 1. The zero-order valence-corrected chi connectivity index (χ0v) is 14.6. The first-order chi connectivity index (χ1) is 11.8. The molecular formula is C19H22N2O4. The molecule has 2 rings (SSSR count). The first kappa shape index (κ1) is 18.4. The maximum absolute atomic E-state index is 12.6. The number of aromatic amines is 1. The second kappa shape index (κ2) is 7.79. The van der Waals surface area contributed by atoms with E-state index >= 15 is 0 Å². The van der Waals surface area contributed by atoms with Crippen molar-refractivity contribution in [2.24, 2.45) is 0 Å². The fourth-order valence-corrected chi connectivity index (χ4v) is 2.92. The number of H-pyrrole nitrogens is 1. The summed E-state index contributed by atoms with van der Waals surface area (Å²) >= 11 is 0. The van der Waals surface area contributed by atoms with E-state index in [2.05, 4.69) is 10.3 Å². The third kappa shape index (κ3) is 4.35. The molecule has 0 bridgehead atoms. The lowest BCUT2D eigenvalue weighted by atomic mass is 10.0. The number of aryl methyl sites for hydroxylation is 1. The smallest absolute Gasteiger partial charge is 0.307 e. The Morgan fingerprint density at radius 1 is 1.16 bits per heavy atom. The summed E-state index contributed by atoms with van der Waals surface area (Å²) in [6, 6.07) is 6.66. The average molecular weight is 342 g/mol. The van der Waals surface area contributed by atoms with Crippen LogP contribution in [-0.4, -0.2) is 27.8 Å². The van der Waals surface area contributed by atoms with Gasteiger partial charge in [0.2, 0.25) is 0 Å². The number of carboxylic acids is 1. The number of rotatable bonds is 7. The number of benzene rings is 1. The van der Waals surface area contributed by atoms with Crippen LogP contribution in [0.2, 0.25) is 0 Å². The molecule has 0 fully saturated rings. The van der Waals surface area contributed by atoms with Crippen molar-refractivity contribution in [2.45, 2.75) is 40.0 Å². The number of aliphatic carboxylic acids is 1. The van der Waals surface area contributed by atoms with Crippen LogP contribution in [0.4, 0.5) is 5.69 Å². The number of carbonyl (C=O) groups excluding carboxylic acids is 2. The second-order valence-electron chi connectivity index (χ2n) is 6.01. The van der Waals surface area contributed by atoms with Crippen LogP contribution in [0.15, 0.2) is 24.3 Å². The van der Waals surface area contributed by atoms with Crippen molar-refractivity contribution in [3.05, 3.63) is 52.3 Å². The first-order valence-corrected chi connectivity index (χ1v) is 8.18. The van der Waals surface area contributed by atoms with Crippen molar-refractivity contribution in [1.82, 2.24) is 4.98 Å². The number of anilines is 1. The summed E-state index contributed by atoms with van der Waals surface area (Å²) in [4.78, 5) is 38.2. The summed E-state index contributed by atoms with van der Waals surface area (Å²) in [5, 5.41) is 11.6. The van der Waals surface area contributed by atoms with Crippen molar-refractivity contribution in [2.75, 3.05) is 5.32 Å². The summed E-state index contributed by atoms with van der Waals surface area (Å²) in [5.74, 6) is -1.28. The van der Waals surface area contributed by atoms with Crippen LogP contribution in [0.25, 0.3) is 0 Å². The van der Waals surface area contributed by atoms with Gasteiger partial charge in [-0.1, -0.05) is 25.5 Å². The number of carbonyl (C=O) groups is 3. The molecule has 132 valence electrons. The summed E-state index contributed by atoms with van der Waals surface area (Å²) < 4.78 is 0. The predicted octanol–water partition coefficient (Wildman–Crippen LogP) is 3.36. The van der Waals surface area contributed by atoms with Gasteiger partial charge in [0.25, 0.3) is 5.91 Å². The molecule has 0 atom stereocenters. The van der Waals surface area contributed by atoms with Crippen LogP contribution in [-0.2, 0) is 17.6 Å². The largest absolute Gasteiger partial charge is 0.481 e. The number of aromatic nitrogens is 1. The molecule has 0 unspecified atom stereocenters. The third-order valence-corrected chi connectivity index (χ3v) is 3.94. The van der Waals surface area contributed by atoms with Gasteiger partial charge >= 0.3 is 5.97 Å². The third-order valence-electron chi connectivity index (χ3n) is 3.94. The molecule has 2 aromatic rings. The van der Waals surface area contributed by atoms with E-state index in [4.69, 9.17) is 5.11 Å². The molecule has 1 heterocycles. The van der Waals surface area contributed by atoms with Crippen LogP contribution < -0.4 is 5.32 Å². The molecule has 1 aromatic carbocycles. The lowest BCUT2D eigenvalue weighted by Gasteiger charge is -2.07. The lowest BCUT2D eigenvalue weighted by Crippen LogP contribution is -2.15. The summed E-state index contributed by atoms with van der Waals surface area (Å²) in [7, 11) is 0. The van der Waals surface area contributed by atoms with Gasteiger partial charge in [0, 0.05) is 16.9 Å². The molecule has 6 heteroatoms. The Bertz CT molecular complexity index is 804. The highest BCUT2D eigenvalue weighted by Gasteiger charge is 2.22. The molecule has 1 amide bonds. The molecule has 0 aliphatic carbocycles. The number of amides is 1. The van der Waals surface area contributed by atoms with Gasteiger partial charge in [-0.15, -0.1) is 0 Å². The van der Waals surface area contributed by atoms with E-state index in [-0.39, 0.29) is 18.1 Å². The maximum atomic E-state index is 12.6. The Morgan fingerprint density at radius 3 is 2.32 bits per heavy atom. The number of Topliss-reactive ketones (excluding diaryl/α,β-unsaturated/α-hetero) is 1. The SMILES string of the molecule is CCCc1c(C(=O)Nc2ccc(CC(=O)O)cc2)[nH]c(C)c1C(C)=O. The van der Waals surface area contributed by atoms with E-state index in [9.17, 15) is 14.4 Å². The molecule has 0 radical (unpaired) electrons. The fraction of sp³-hybridized carbons (Fsp3) is 0.316. The molecule has 0 saturated heterocycles. The van der Waals surface area contributed by atoms with Crippen LogP contribution in [0.3, 0.4) is 0 Å². The molecule has 0 spiro atoms. The van der Waals surface area contributed by atoms with Crippen molar-refractivity contribution < 1.29 is 19.5 Å². The molecule has 0 aliphatic rings. The minimum absolute atomic E-state index is 0.0609. The zero-order chi connectivity index (χ0) is 18.6. The number of hydrogen-bond acceptors (Lipinski definition) is 3. The Hall–Kier alpha value is -2.89. The van der Waals surface area contributed by atoms with E-state index in [1.54, 1.807) is 31.2 Å². The standard InChI is InChI=1S/C19H22N2O4/c1-4-5-15-17(12(3)22)11(2)20-18(15)19(25)21-14-8-6-13(7-9-14)10-16(23)24/h6-9,20H,4-5,10H2,1-3H3,(H,21,25)(H,23,24). The zero-order valence-electron chi connectivity index (χ0n) is 14.6. The van der Waals surface area contributed by atoms with Crippen LogP contribution >= 0.6 is 0 Å². The quantitative estimate of drug-likeness (QED) is 0.672. The van der Waals surface area contributed by atoms with Gasteiger partial charge in [-0.25, -0.2) is 0 Å². The highest BCUT2D eigenvalue weighted by atomic mass is 16.4. The topological polar surface area (TPSA) is 99.3 Å². The highest BCUT2D eigenvalue weighted by Crippen LogP contribution is 2.22. The predicted molar refractivity (Wildman–Crippen MR) is 95.3 cm³/mol. The van der Waals surface area contributed by atoms with Crippen LogP contribution in [0.5, 0.6) is 0 Å². The first-order valence-electron chi connectivity index (χ1n) is 8.18. The number of ketones is 1. The Labute approximate surface area is 146 Å². The van der Waals surface area contributed by atoms with Gasteiger partial charge in [-0.05, 0) is 43.5 Å². The minimum atomic E-state index is -0.903. The lowest BCUT2D eigenvalue weighted by molar-refractivity contribution is -0.136. The van der Waals surface area contributed by atoms with E-state index in [1.165, 1.54) is 6.92 Å². The summed E-state index contributed by atoms with van der Waals surface area (Å²) in [6.07, 6.45) is 1.40. The summed E-state index contributed by atoms with van der Waals surface area (Å²) in [5.41, 5.74) is 3.65. The van der Waals surface area contributed by atoms with E-state index in [0.717, 1.165) is 12.0 Å². The molecule has 0 saturated carbocycles. The second-order valence-corrected chi connectivity index (χ2v) is 6.01. The Morgan fingerprint density at radius 2 is 1.80 bits per heavy atom. The van der Waals surface area contributed by atoms with Crippen molar-refractivity contribution in [1.29, 1.82) is 0 Å². The molecule has 0 aliphatic heterocycles. The van der Waals surface area contributed by atoms with Gasteiger partial charge < -0.3 is 15.4 Å². The molecule has 25 heavy (non-hydrogen) atoms. The normalized spacial score (nSPS) is 10.5. The van der Waals surface area contributed by atoms with Gasteiger partial charge in [-0.3, -0.25) is 14.4 Å². The van der Waals surface area contributed by atoms with E-state index < -0.39 is 5.97 Å². The number of hydrogen-bond donors (Lipinski definition) is 3. The average Bonchev–Trinajstić information content (AvgIpc) is 2.86.